The fourth-order valence-electron chi connectivity index (χ4n) is 3.74. The first-order chi connectivity index (χ1) is 15.1. The molecule has 0 spiro atoms. The maximum atomic E-state index is 13.1. The molecule has 1 saturated heterocycles. The van der Waals surface area contributed by atoms with Crippen molar-refractivity contribution < 1.29 is 13.7 Å². The van der Waals surface area contributed by atoms with E-state index in [1.54, 1.807) is 36.4 Å². The molecule has 31 heavy (non-hydrogen) atoms. The van der Waals surface area contributed by atoms with Gasteiger partial charge in [-0.2, -0.15) is 10.2 Å². The Bertz CT molecular complexity index is 1090. The molecular weight excluding hydrogens is 397 g/mol. The van der Waals surface area contributed by atoms with Gasteiger partial charge in [0, 0.05) is 25.1 Å². The maximum absolute atomic E-state index is 13.1. The third kappa shape index (κ3) is 5.13. The number of carbonyl (C=O) groups excluding carboxylic acids is 1. The largest absolute Gasteiger partial charge is 0.339 e. The molecule has 4 rings (SSSR count). The molecule has 1 unspecified atom stereocenters. The smallest absolute Gasteiger partial charge is 0.231 e. The minimum absolute atomic E-state index is 0.0952. The highest BCUT2D eigenvalue weighted by atomic mass is 19.1. The van der Waals surface area contributed by atoms with Gasteiger partial charge in [-0.25, -0.2) is 4.39 Å². The Hall–Kier alpha value is -3.57. The van der Waals surface area contributed by atoms with Gasteiger partial charge in [0.15, 0.2) is 0 Å². The van der Waals surface area contributed by atoms with Gasteiger partial charge < -0.3 is 14.7 Å². The molecule has 2 heterocycles. The van der Waals surface area contributed by atoms with Gasteiger partial charge >= 0.3 is 0 Å². The van der Waals surface area contributed by atoms with Crippen molar-refractivity contribution in [2.75, 3.05) is 25.0 Å². The Labute approximate surface area is 179 Å². The van der Waals surface area contributed by atoms with Crippen LogP contribution < -0.4 is 5.32 Å². The molecular formula is C23H22FN5O2. The van der Waals surface area contributed by atoms with Crippen LogP contribution in [0.1, 0.15) is 36.6 Å². The van der Waals surface area contributed by atoms with E-state index in [0.717, 1.165) is 25.9 Å². The summed E-state index contributed by atoms with van der Waals surface area (Å²) in [6, 6.07) is 15.0. The SMILES string of the molecule is N#Cc1ccccc1NC(=O)CCN1CCCC(c2nc(-c3ccc(F)cc3)no2)C1. The minimum atomic E-state index is -0.310. The lowest BCUT2D eigenvalue weighted by atomic mass is 9.98. The number of aromatic nitrogens is 2. The van der Waals surface area contributed by atoms with Gasteiger partial charge in [0.1, 0.15) is 11.9 Å². The molecule has 1 aliphatic heterocycles. The summed E-state index contributed by atoms with van der Waals surface area (Å²) in [4.78, 5) is 19.1. The highest BCUT2D eigenvalue weighted by Crippen LogP contribution is 2.27. The number of nitrogens with zero attached hydrogens (tertiary/aromatic N) is 4. The van der Waals surface area contributed by atoms with E-state index < -0.39 is 0 Å². The highest BCUT2D eigenvalue weighted by molar-refractivity contribution is 5.92. The fraction of sp³-hybridized carbons (Fsp3) is 0.304. The summed E-state index contributed by atoms with van der Waals surface area (Å²) in [7, 11) is 0. The number of hydrogen-bond donors (Lipinski definition) is 1. The van der Waals surface area contributed by atoms with Gasteiger partial charge in [-0.1, -0.05) is 17.3 Å². The van der Waals surface area contributed by atoms with Crippen molar-refractivity contribution in [2.24, 2.45) is 0 Å². The quantitative estimate of drug-likeness (QED) is 0.650. The van der Waals surface area contributed by atoms with Gasteiger partial charge in [0.05, 0.1) is 17.2 Å². The van der Waals surface area contributed by atoms with Gasteiger partial charge in [-0.3, -0.25) is 4.79 Å². The molecule has 7 nitrogen and oxygen atoms in total. The van der Waals surface area contributed by atoms with Crippen LogP contribution in [0.2, 0.25) is 0 Å². The number of anilines is 1. The summed E-state index contributed by atoms with van der Waals surface area (Å²) in [5, 5.41) is 16.0. The van der Waals surface area contributed by atoms with Crippen molar-refractivity contribution in [1.82, 2.24) is 15.0 Å². The standard InChI is InChI=1S/C23H22FN5O2/c24-19-9-7-16(8-10-19)22-27-23(31-28-22)18-5-3-12-29(15-18)13-11-21(30)26-20-6-2-1-4-17(20)14-25/h1-2,4,6-10,18H,3,5,11-13,15H2,(H,26,30). The van der Waals surface area contributed by atoms with Crippen LogP contribution in [0.15, 0.2) is 53.1 Å². The Morgan fingerprint density at radius 1 is 1.26 bits per heavy atom. The molecule has 2 aromatic carbocycles. The Morgan fingerprint density at radius 3 is 2.87 bits per heavy atom. The minimum Gasteiger partial charge on any atom is -0.339 e. The van der Waals surface area contributed by atoms with E-state index in [0.29, 0.717) is 41.5 Å². The first-order valence-corrected chi connectivity index (χ1v) is 10.2. The van der Waals surface area contributed by atoms with Crippen molar-refractivity contribution in [3.05, 3.63) is 65.8 Å². The number of hydrogen-bond acceptors (Lipinski definition) is 6. The lowest BCUT2D eigenvalue weighted by Gasteiger charge is -2.30. The number of halogens is 1. The van der Waals surface area contributed by atoms with Gasteiger partial charge in [0.25, 0.3) is 0 Å². The average molecular weight is 419 g/mol. The summed E-state index contributed by atoms with van der Waals surface area (Å²) < 4.78 is 18.6. The summed E-state index contributed by atoms with van der Waals surface area (Å²) in [5.74, 6) is 0.675. The van der Waals surface area contributed by atoms with Gasteiger partial charge in [-0.05, 0) is 55.8 Å². The van der Waals surface area contributed by atoms with E-state index >= 15 is 0 Å². The van der Waals surface area contributed by atoms with Gasteiger partial charge in [-0.15, -0.1) is 0 Å². The predicted octanol–water partition coefficient (Wildman–Crippen LogP) is 3.96. The summed E-state index contributed by atoms with van der Waals surface area (Å²) >= 11 is 0. The summed E-state index contributed by atoms with van der Waals surface area (Å²) in [6.07, 6.45) is 2.23. The molecule has 1 atom stereocenters. The monoisotopic (exact) mass is 419 g/mol. The number of nitriles is 1. The third-order valence-corrected chi connectivity index (χ3v) is 5.38. The molecule has 0 aliphatic carbocycles. The first kappa shape index (κ1) is 20.7. The van der Waals surface area contributed by atoms with Crippen LogP contribution >= 0.6 is 0 Å². The molecule has 1 fully saturated rings. The molecule has 158 valence electrons. The predicted molar refractivity (Wildman–Crippen MR) is 113 cm³/mol. The number of para-hydroxylation sites is 1. The van der Waals surface area contributed by atoms with E-state index in [9.17, 15) is 9.18 Å². The number of rotatable bonds is 6. The second-order valence-corrected chi connectivity index (χ2v) is 7.56. The topological polar surface area (TPSA) is 95.1 Å². The van der Waals surface area contributed by atoms with Crippen molar-refractivity contribution in [3.8, 4) is 17.5 Å². The highest BCUT2D eigenvalue weighted by Gasteiger charge is 2.26. The Balaban J connectivity index is 1.32. The molecule has 0 bridgehead atoms. The zero-order valence-electron chi connectivity index (χ0n) is 16.9. The second-order valence-electron chi connectivity index (χ2n) is 7.56. The molecule has 1 aliphatic rings. The fourth-order valence-corrected chi connectivity index (χ4v) is 3.74. The average Bonchev–Trinajstić information content (AvgIpc) is 3.29. The van der Waals surface area contributed by atoms with E-state index in [1.165, 1.54) is 12.1 Å². The van der Waals surface area contributed by atoms with E-state index in [2.05, 4.69) is 26.4 Å². The van der Waals surface area contributed by atoms with Crippen molar-refractivity contribution in [3.63, 3.8) is 0 Å². The van der Waals surface area contributed by atoms with E-state index in [4.69, 9.17) is 9.78 Å². The van der Waals surface area contributed by atoms with Crippen LogP contribution in [-0.2, 0) is 4.79 Å². The lowest BCUT2D eigenvalue weighted by Crippen LogP contribution is -2.36. The summed E-state index contributed by atoms with van der Waals surface area (Å²) in [6.45, 7) is 2.24. The number of carbonyl (C=O) groups is 1. The van der Waals surface area contributed by atoms with E-state index in [-0.39, 0.29) is 17.6 Å². The molecule has 8 heteroatoms. The molecule has 0 saturated carbocycles. The first-order valence-electron chi connectivity index (χ1n) is 10.2. The lowest BCUT2D eigenvalue weighted by molar-refractivity contribution is -0.116. The second kappa shape index (κ2) is 9.49. The molecule has 1 aromatic heterocycles. The zero-order chi connectivity index (χ0) is 21.6. The number of likely N-dealkylation sites (tertiary alicyclic amines) is 1. The van der Waals surface area contributed by atoms with Crippen molar-refractivity contribution >= 4 is 11.6 Å². The Morgan fingerprint density at radius 2 is 2.06 bits per heavy atom. The van der Waals surface area contributed by atoms with E-state index in [1.807, 2.05) is 0 Å². The number of amides is 1. The van der Waals surface area contributed by atoms with Crippen molar-refractivity contribution in [2.45, 2.75) is 25.2 Å². The molecule has 1 N–H and O–H groups in total. The van der Waals surface area contributed by atoms with Crippen LogP contribution in [0.25, 0.3) is 11.4 Å². The molecule has 1 amide bonds. The maximum Gasteiger partial charge on any atom is 0.231 e. The van der Waals surface area contributed by atoms with Crippen LogP contribution in [0.5, 0.6) is 0 Å². The van der Waals surface area contributed by atoms with Crippen molar-refractivity contribution in [1.29, 1.82) is 5.26 Å². The van der Waals surface area contributed by atoms with Crippen LogP contribution in [0.3, 0.4) is 0 Å². The molecule has 3 aromatic rings. The summed E-state index contributed by atoms with van der Waals surface area (Å²) in [5.41, 5.74) is 1.69. The number of benzene rings is 2. The number of piperidine rings is 1. The van der Waals surface area contributed by atoms with Crippen LogP contribution in [0, 0.1) is 17.1 Å². The van der Waals surface area contributed by atoms with Crippen LogP contribution in [0.4, 0.5) is 10.1 Å². The zero-order valence-corrected chi connectivity index (χ0v) is 16.9. The molecule has 0 radical (unpaired) electrons. The normalized spacial score (nSPS) is 16.6. The Kier molecular flexibility index (Phi) is 6.34. The number of nitrogens with one attached hydrogen (secondary N) is 1. The van der Waals surface area contributed by atoms with Gasteiger partial charge in [0.2, 0.25) is 17.6 Å². The van der Waals surface area contributed by atoms with Crippen LogP contribution in [-0.4, -0.2) is 40.6 Å². The third-order valence-electron chi connectivity index (χ3n) is 5.38.